The summed E-state index contributed by atoms with van der Waals surface area (Å²) in [6.07, 6.45) is 2.92. The van der Waals surface area contributed by atoms with Crippen molar-refractivity contribution >= 4 is 46.8 Å². The summed E-state index contributed by atoms with van der Waals surface area (Å²) in [5, 5.41) is 5.06. The highest BCUT2D eigenvalue weighted by Crippen LogP contribution is 2.15. The quantitative estimate of drug-likeness (QED) is 0.278. The van der Waals surface area contributed by atoms with E-state index in [0.29, 0.717) is 18.0 Å². The molecule has 0 aliphatic heterocycles. The van der Waals surface area contributed by atoms with Crippen molar-refractivity contribution in [2.75, 3.05) is 11.9 Å². The summed E-state index contributed by atoms with van der Waals surface area (Å²) in [6, 6.07) is 14.6. The highest BCUT2D eigenvalue weighted by Gasteiger charge is 2.08. The van der Waals surface area contributed by atoms with E-state index in [9.17, 15) is 14.4 Å². The number of hydrogen-bond donors (Lipinski definition) is 4. The minimum atomic E-state index is -0.446. The van der Waals surface area contributed by atoms with Gasteiger partial charge in [0.1, 0.15) is 5.75 Å². The molecule has 0 aromatic heterocycles. The third kappa shape index (κ3) is 9.40. The summed E-state index contributed by atoms with van der Waals surface area (Å²) in [6.45, 7) is 4.43. The van der Waals surface area contributed by atoms with Crippen molar-refractivity contribution < 1.29 is 19.1 Å². The van der Waals surface area contributed by atoms with E-state index in [2.05, 4.69) is 21.5 Å². The molecule has 3 amide bonds. The lowest BCUT2D eigenvalue weighted by atomic mass is 10.1. The Balaban J connectivity index is 1.65. The van der Waals surface area contributed by atoms with E-state index in [4.69, 9.17) is 17.0 Å². The molecule has 0 spiro atoms. The molecule has 0 radical (unpaired) electrons. The Morgan fingerprint density at radius 2 is 1.59 bits per heavy atom. The molecule has 2 rings (SSSR count). The van der Waals surface area contributed by atoms with E-state index < -0.39 is 11.8 Å². The van der Waals surface area contributed by atoms with Gasteiger partial charge in [0.25, 0.3) is 0 Å². The van der Waals surface area contributed by atoms with Crippen molar-refractivity contribution in [1.82, 2.24) is 16.2 Å². The normalized spacial score (nSPS) is 10.3. The Morgan fingerprint density at radius 1 is 0.938 bits per heavy atom. The SMILES string of the molecule is CCOc1ccc(NC(=O)CCC(=O)NNC(=S)NC(=O)/C=C/c2ccc(C)cc2)cc1. The van der Waals surface area contributed by atoms with Gasteiger partial charge in [0.05, 0.1) is 6.61 Å². The van der Waals surface area contributed by atoms with E-state index in [1.54, 1.807) is 30.3 Å². The van der Waals surface area contributed by atoms with Crippen LogP contribution in [-0.2, 0) is 14.4 Å². The van der Waals surface area contributed by atoms with Crippen LogP contribution >= 0.6 is 12.2 Å². The molecular formula is C23H26N4O4S. The summed E-state index contributed by atoms with van der Waals surface area (Å²) < 4.78 is 5.34. The van der Waals surface area contributed by atoms with Crippen LogP contribution in [0.4, 0.5) is 5.69 Å². The number of amides is 3. The lowest BCUT2D eigenvalue weighted by Gasteiger charge is -2.10. The van der Waals surface area contributed by atoms with Gasteiger partial charge in [-0.05, 0) is 62.0 Å². The molecule has 2 aromatic carbocycles. The van der Waals surface area contributed by atoms with Crippen molar-refractivity contribution in [2.24, 2.45) is 0 Å². The maximum absolute atomic E-state index is 12.0. The molecule has 0 unspecified atom stereocenters. The van der Waals surface area contributed by atoms with Crippen molar-refractivity contribution in [3.8, 4) is 5.75 Å². The molecule has 0 saturated heterocycles. The number of benzene rings is 2. The van der Waals surface area contributed by atoms with Crippen LogP contribution in [-0.4, -0.2) is 29.4 Å². The molecule has 0 bridgehead atoms. The molecule has 8 nitrogen and oxygen atoms in total. The van der Waals surface area contributed by atoms with E-state index in [0.717, 1.165) is 11.1 Å². The second kappa shape index (κ2) is 12.9. The Morgan fingerprint density at radius 3 is 2.25 bits per heavy atom. The lowest BCUT2D eigenvalue weighted by molar-refractivity contribution is -0.124. The molecule has 0 heterocycles. The third-order valence-electron chi connectivity index (χ3n) is 4.08. The molecule has 0 aliphatic carbocycles. The van der Waals surface area contributed by atoms with Crippen LogP contribution in [0.15, 0.2) is 54.6 Å². The first-order valence-electron chi connectivity index (χ1n) is 10.0. The predicted molar refractivity (Wildman–Crippen MR) is 128 cm³/mol. The van der Waals surface area contributed by atoms with Crippen molar-refractivity contribution in [1.29, 1.82) is 0 Å². The first-order valence-corrected chi connectivity index (χ1v) is 10.4. The van der Waals surface area contributed by atoms with Gasteiger partial charge >= 0.3 is 0 Å². The molecule has 0 fully saturated rings. The van der Waals surface area contributed by atoms with E-state index in [1.165, 1.54) is 6.08 Å². The predicted octanol–water partition coefficient (Wildman–Crippen LogP) is 2.85. The fourth-order valence-corrected chi connectivity index (χ4v) is 2.63. The summed E-state index contributed by atoms with van der Waals surface area (Å²) in [5.74, 6) is -0.475. The zero-order valence-corrected chi connectivity index (χ0v) is 18.8. The largest absolute Gasteiger partial charge is 0.494 e. The van der Waals surface area contributed by atoms with Crippen LogP contribution in [0.5, 0.6) is 5.75 Å². The number of nitrogens with one attached hydrogen (secondary N) is 4. The number of aryl methyl sites for hydroxylation is 1. The Kier molecular flexibility index (Phi) is 9.86. The van der Waals surface area contributed by atoms with Gasteiger partial charge < -0.3 is 10.1 Å². The van der Waals surface area contributed by atoms with Crippen LogP contribution in [0.3, 0.4) is 0 Å². The average Bonchev–Trinajstić information content (AvgIpc) is 2.77. The van der Waals surface area contributed by atoms with Gasteiger partial charge in [-0.15, -0.1) is 0 Å². The third-order valence-corrected chi connectivity index (χ3v) is 4.29. The highest BCUT2D eigenvalue weighted by atomic mass is 32.1. The number of carbonyl (C=O) groups excluding carboxylic acids is 3. The molecule has 0 saturated carbocycles. The van der Waals surface area contributed by atoms with Gasteiger partial charge in [-0.3, -0.25) is 30.6 Å². The number of ether oxygens (including phenoxy) is 1. The number of thiocarbonyl (C=S) groups is 1. The Hall–Kier alpha value is -3.72. The van der Waals surface area contributed by atoms with Crippen LogP contribution in [0.25, 0.3) is 6.08 Å². The highest BCUT2D eigenvalue weighted by molar-refractivity contribution is 7.80. The number of rotatable bonds is 8. The van der Waals surface area contributed by atoms with Crippen molar-refractivity contribution in [2.45, 2.75) is 26.7 Å². The Labute approximate surface area is 192 Å². The van der Waals surface area contributed by atoms with Gasteiger partial charge in [-0.1, -0.05) is 29.8 Å². The molecule has 0 aliphatic rings. The average molecular weight is 455 g/mol. The summed E-state index contributed by atoms with van der Waals surface area (Å²) in [7, 11) is 0. The molecular weight excluding hydrogens is 428 g/mol. The molecule has 9 heteroatoms. The van der Waals surface area contributed by atoms with Gasteiger partial charge in [-0.2, -0.15) is 0 Å². The summed E-state index contributed by atoms with van der Waals surface area (Å²) >= 11 is 4.97. The van der Waals surface area contributed by atoms with Gasteiger partial charge in [-0.25, -0.2) is 0 Å². The zero-order chi connectivity index (χ0) is 23.3. The maximum atomic E-state index is 12.0. The maximum Gasteiger partial charge on any atom is 0.250 e. The van der Waals surface area contributed by atoms with Gasteiger partial charge in [0, 0.05) is 24.6 Å². The zero-order valence-electron chi connectivity index (χ0n) is 17.9. The van der Waals surface area contributed by atoms with Crippen molar-refractivity contribution in [3.63, 3.8) is 0 Å². The van der Waals surface area contributed by atoms with E-state index in [-0.39, 0.29) is 23.9 Å². The topological polar surface area (TPSA) is 109 Å². The second-order valence-corrected chi connectivity index (χ2v) is 7.15. The number of anilines is 1. The number of hydrogen-bond acceptors (Lipinski definition) is 5. The second-order valence-electron chi connectivity index (χ2n) is 6.74. The van der Waals surface area contributed by atoms with Gasteiger partial charge in [0.2, 0.25) is 17.7 Å². The smallest absolute Gasteiger partial charge is 0.250 e. The van der Waals surface area contributed by atoms with Crippen LogP contribution in [0.1, 0.15) is 30.9 Å². The molecule has 2 aromatic rings. The minimum Gasteiger partial charge on any atom is -0.494 e. The van der Waals surface area contributed by atoms with Gasteiger partial charge in [0.15, 0.2) is 5.11 Å². The fourth-order valence-electron chi connectivity index (χ4n) is 2.47. The Bertz CT molecular complexity index is 972. The van der Waals surface area contributed by atoms with Crippen LogP contribution in [0.2, 0.25) is 0 Å². The number of hydrazine groups is 1. The molecule has 0 atom stereocenters. The lowest BCUT2D eigenvalue weighted by Crippen LogP contribution is -2.48. The van der Waals surface area contributed by atoms with E-state index >= 15 is 0 Å². The molecule has 168 valence electrons. The van der Waals surface area contributed by atoms with E-state index in [1.807, 2.05) is 38.1 Å². The summed E-state index contributed by atoms with van der Waals surface area (Å²) in [4.78, 5) is 35.8. The summed E-state index contributed by atoms with van der Waals surface area (Å²) in [5.41, 5.74) is 7.39. The molecule has 4 N–H and O–H groups in total. The number of carbonyl (C=O) groups is 3. The monoisotopic (exact) mass is 454 g/mol. The van der Waals surface area contributed by atoms with Crippen molar-refractivity contribution in [3.05, 3.63) is 65.7 Å². The fraction of sp³-hybridized carbons (Fsp3) is 0.217. The van der Waals surface area contributed by atoms with Crippen LogP contribution in [0, 0.1) is 6.92 Å². The van der Waals surface area contributed by atoms with Crippen LogP contribution < -0.4 is 26.2 Å². The minimum absolute atomic E-state index is 0.0147. The standard InChI is InChI=1S/C23H26N4O4S/c1-3-31-19-11-9-18(10-12-19)24-20(28)14-15-22(30)26-27-23(32)25-21(29)13-8-17-6-4-16(2)5-7-17/h4-13H,3,14-15H2,1-2H3,(H,24,28)(H,26,30)(H2,25,27,29,32)/b13-8+. The first kappa shape index (κ1) is 24.5. The first-order chi connectivity index (χ1) is 15.4. The molecule has 32 heavy (non-hydrogen) atoms.